The molecule has 6 nitrogen and oxygen atoms in total. The van der Waals surface area contributed by atoms with Gasteiger partial charge < -0.3 is 10.1 Å². The molecule has 0 saturated heterocycles. The third-order valence-electron chi connectivity index (χ3n) is 4.21. The Morgan fingerprint density at radius 2 is 1.93 bits per heavy atom. The molecule has 2 aromatic carbocycles. The topological polar surface area (TPSA) is 73.2 Å². The van der Waals surface area contributed by atoms with E-state index < -0.39 is 17.5 Å². The van der Waals surface area contributed by atoms with E-state index >= 15 is 0 Å². The Labute approximate surface area is 171 Å². The third-order valence-corrected chi connectivity index (χ3v) is 4.62. The van der Waals surface area contributed by atoms with Crippen LogP contribution in [-0.2, 0) is 4.79 Å². The van der Waals surface area contributed by atoms with E-state index in [-0.39, 0.29) is 11.8 Å². The summed E-state index contributed by atoms with van der Waals surface area (Å²) in [7, 11) is 0. The number of rotatable bonds is 6. The Balaban J connectivity index is 1.78. The standard InChI is InChI=1S/C21H19ClFN3O3/c1-3-18(21(28)24-15-7-4-13(2)17(22)12-15)29-19-10-11-20(27)26(25-19)16-8-5-14(23)6-9-16/h4-12,18H,3H2,1-2H3,(H,24,28). The lowest BCUT2D eigenvalue weighted by Gasteiger charge is -2.17. The fourth-order valence-electron chi connectivity index (χ4n) is 2.59. The molecular formula is C21H19ClFN3O3. The average molecular weight is 416 g/mol. The van der Waals surface area contributed by atoms with Gasteiger partial charge in [-0.25, -0.2) is 4.39 Å². The number of anilines is 1. The van der Waals surface area contributed by atoms with E-state index in [0.717, 1.165) is 10.2 Å². The van der Waals surface area contributed by atoms with Gasteiger partial charge in [0.1, 0.15) is 5.82 Å². The molecule has 3 aromatic rings. The van der Waals surface area contributed by atoms with Crippen molar-refractivity contribution >= 4 is 23.2 Å². The van der Waals surface area contributed by atoms with Crippen molar-refractivity contribution in [2.45, 2.75) is 26.4 Å². The maximum absolute atomic E-state index is 13.1. The SMILES string of the molecule is CCC(Oc1ccc(=O)n(-c2ccc(F)cc2)n1)C(=O)Nc1ccc(C)c(Cl)c1. The van der Waals surface area contributed by atoms with Crippen molar-refractivity contribution in [2.24, 2.45) is 0 Å². The summed E-state index contributed by atoms with van der Waals surface area (Å²) >= 11 is 6.09. The van der Waals surface area contributed by atoms with Crippen molar-refractivity contribution in [1.29, 1.82) is 0 Å². The molecular weight excluding hydrogens is 397 g/mol. The van der Waals surface area contributed by atoms with Crippen molar-refractivity contribution in [1.82, 2.24) is 9.78 Å². The van der Waals surface area contributed by atoms with Gasteiger partial charge >= 0.3 is 0 Å². The summed E-state index contributed by atoms with van der Waals surface area (Å²) in [4.78, 5) is 24.7. The number of hydrogen-bond donors (Lipinski definition) is 1. The maximum Gasteiger partial charge on any atom is 0.271 e. The van der Waals surface area contributed by atoms with Crippen molar-refractivity contribution in [2.75, 3.05) is 5.32 Å². The van der Waals surface area contributed by atoms with E-state index in [1.54, 1.807) is 25.1 Å². The van der Waals surface area contributed by atoms with Crippen LogP contribution >= 0.6 is 11.6 Å². The van der Waals surface area contributed by atoms with Gasteiger partial charge in [-0.05, 0) is 55.3 Å². The van der Waals surface area contributed by atoms with E-state index in [0.29, 0.717) is 22.8 Å². The Bertz CT molecular complexity index is 1080. The number of carbonyl (C=O) groups excluding carboxylic acids is 1. The van der Waals surface area contributed by atoms with Crippen LogP contribution in [0.3, 0.4) is 0 Å². The van der Waals surface area contributed by atoms with Crippen molar-refractivity contribution in [3.8, 4) is 11.6 Å². The first-order chi connectivity index (χ1) is 13.9. The molecule has 1 aromatic heterocycles. The molecule has 29 heavy (non-hydrogen) atoms. The van der Waals surface area contributed by atoms with Crippen LogP contribution in [0.25, 0.3) is 5.69 Å². The zero-order valence-corrected chi connectivity index (χ0v) is 16.6. The number of nitrogens with one attached hydrogen (secondary N) is 1. The second-order valence-corrected chi connectivity index (χ2v) is 6.77. The number of ether oxygens (including phenoxy) is 1. The molecule has 1 unspecified atom stereocenters. The molecule has 150 valence electrons. The number of hydrogen-bond acceptors (Lipinski definition) is 4. The Hall–Kier alpha value is -3.19. The summed E-state index contributed by atoms with van der Waals surface area (Å²) in [5.74, 6) is -0.695. The lowest BCUT2D eigenvalue weighted by atomic mass is 10.2. The van der Waals surface area contributed by atoms with Crippen molar-refractivity contribution in [3.63, 3.8) is 0 Å². The number of amides is 1. The number of halogens is 2. The van der Waals surface area contributed by atoms with E-state index in [2.05, 4.69) is 10.4 Å². The minimum atomic E-state index is -0.832. The molecule has 0 aliphatic rings. The lowest BCUT2D eigenvalue weighted by molar-refractivity contribution is -0.123. The minimum Gasteiger partial charge on any atom is -0.463 e. The predicted molar refractivity (Wildman–Crippen MR) is 109 cm³/mol. The predicted octanol–water partition coefficient (Wildman–Crippen LogP) is 4.13. The highest BCUT2D eigenvalue weighted by atomic mass is 35.5. The summed E-state index contributed by atoms with van der Waals surface area (Å²) in [6.45, 7) is 3.66. The number of aromatic nitrogens is 2. The first kappa shape index (κ1) is 20.5. The highest BCUT2D eigenvalue weighted by Gasteiger charge is 2.20. The molecule has 1 amide bonds. The van der Waals surface area contributed by atoms with Gasteiger partial charge in [0, 0.05) is 22.8 Å². The first-order valence-corrected chi connectivity index (χ1v) is 9.35. The fraction of sp³-hybridized carbons (Fsp3) is 0.190. The molecule has 0 bridgehead atoms. The summed E-state index contributed by atoms with van der Waals surface area (Å²) in [5, 5.41) is 7.44. The zero-order chi connectivity index (χ0) is 21.0. The highest BCUT2D eigenvalue weighted by Crippen LogP contribution is 2.20. The monoisotopic (exact) mass is 415 g/mol. The van der Waals surface area contributed by atoms with E-state index in [1.807, 2.05) is 6.92 Å². The van der Waals surface area contributed by atoms with Crippen LogP contribution < -0.4 is 15.6 Å². The molecule has 3 rings (SSSR count). The van der Waals surface area contributed by atoms with Gasteiger partial charge in [-0.3, -0.25) is 9.59 Å². The van der Waals surface area contributed by atoms with Crippen LogP contribution in [-0.4, -0.2) is 21.8 Å². The second-order valence-electron chi connectivity index (χ2n) is 6.37. The number of nitrogens with zero attached hydrogens (tertiary/aromatic N) is 2. The summed E-state index contributed by atoms with van der Waals surface area (Å²) < 4.78 is 19.9. The summed E-state index contributed by atoms with van der Waals surface area (Å²) in [5.41, 5.74) is 1.43. The largest absolute Gasteiger partial charge is 0.463 e. The Morgan fingerprint density at radius 1 is 1.21 bits per heavy atom. The van der Waals surface area contributed by atoms with Crippen LogP contribution in [0.2, 0.25) is 5.02 Å². The molecule has 1 heterocycles. The molecule has 0 aliphatic carbocycles. The minimum absolute atomic E-state index is 0.0952. The van der Waals surface area contributed by atoms with Gasteiger partial charge in [-0.1, -0.05) is 24.6 Å². The first-order valence-electron chi connectivity index (χ1n) is 8.97. The van der Waals surface area contributed by atoms with Crippen LogP contribution in [0.4, 0.5) is 10.1 Å². The molecule has 0 aliphatic heterocycles. The van der Waals surface area contributed by atoms with Crippen LogP contribution in [0, 0.1) is 12.7 Å². The maximum atomic E-state index is 13.1. The van der Waals surface area contributed by atoms with E-state index in [4.69, 9.17) is 16.3 Å². The fourth-order valence-corrected chi connectivity index (χ4v) is 2.77. The smallest absolute Gasteiger partial charge is 0.271 e. The van der Waals surface area contributed by atoms with Gasteiger partial charge in [0.25, 0.3) is 11.5 Å². The number of benzene rings is 2. The van der Waals surface area contributed by atoms with Crippen molar-refractivity contribution < 1.29 is 13.9 Å². The molecule has 1 N–H and O–H groups in total. The van der Waals surface area contributed by atoms with Gasteiger partial charge in [0.15, 0.2) is 6.10 Å². The number of aryl methyl sites for hydroxylation is 1. The molecule has 0 fully saturated rings. The van der Waals surface area contributed by atoms with Gasteiger partial charge in [0.2, 0.25) is 5.88 Å². The third kappa shape index (κ3) is 5.00. The van der Waals surface area contributed by atoms with Gasteiger partial charge in [-0.2, -0.15) is 4.68 Å². The van der Waals surface area contributed by atoms with Crippen LogP contribution in [0.1, 0.15) is 18.9 Å². The molecule has 0 radical (unpaired) electrons. The molecule has 0 saturated carbocycles. The van der Waals surface area contributed by atoms with E-state index in [1.165, 1.54) is 36.4 Å². The zero-order valence-electron chi connectivity index (χ0n) is 15.9. The summed E-state index contributed by atoms with van der Waals surface area (Å²) in [6, 6.07) is 13.2. The van der Waals surface area contributed by atoms with Crippen LogP contribution in [0.5, 0.6) is 5.88 Å². The Morgan fingerprint density at radius 3 is 2.59 bits per heavy atom. The normalized spacial score (nSPS) is 11.7. The quantitative estimate of drug-likeness (QED) is 0.657. The molecule has 1 atom stereocenters. The van der Waals surface area contributed by atoms with Crippen molar-refractivity contribution in [3.05, 3.63) is 81.4 Å². The second kappa shape index (κ2) is 8.87. The lowest BCUT2D eigenvalue weighted by Crippen LogP contribution is -2.33. The van der Waals surface area contributed by atoms with E-state index in [9.17, 15) is 14.0 Å². The Kier molecular flexibility index (Phi) is 6.29. The molecule has 8 heteroatoms. The number of carbonyl (C=O) groups is 1. The average Bonchev–Trinajstić information content (AvgIpc) is 2.70. The van der Waals surface area contributed by atoms with Gasteiger partial charge in [-0.15, -0.1) is 5.10 Å². The highest BCUT2D eigenvalue weighted by molar-refractivity contribution is 6.31. The van der Waals surface area contributed by atoms with Gasteiger partial charge in [0.05, 0.1) is 5.69 Å². The summed E-state index contributed by atoms with van der Waals surface area (Å²) in [6.07, 6.45) is -0.454. The van der Waals surface area contributed by atoms with Crippen LogP contribution in [0.15, 0.2) is 59.4 Å². The molecule has 0 spiro atoms.